The fraction of sp³-hybridized carbons (Fsp3) is 0.364. The van der Waals surface area contributed by atoms with Crippen molar-refractivity contribution in [2.24, 2.45) is 5.92 Å². The van der Waals surface area contributed by atoms with Crippen molar-refractivity contribution < 1.29 is 14.3 Å². The van der Waals surface area contributed by atoms with Crippen LogP contribution < -0.4 is 0 Å². The molecule has 0 radical (unpaired) electrons. The molecule has 1 saturated carbocycles. The molecule has 1 saturated heterocycles. The Labute approximate surface area is 152 Å². The summed E-state index contributed by atoms with van der Waals surface area (Å²) in [7, 11) is 0. The molecule has 4 heteroatoms. The van der Waals surface area contributed by atoms with Gasteiger partial charge in [0.25, 0.3) is 0 Å². The molecule has 2 aliphatic carbocycles. The largest absolute Gasteiger partial charge is 0.443 e. The number of allylic oxidation sites excluding steroid dienone is 2. The Morgan fingerprint density at radius 2 is 1.96 bits per heavy atom. The van der Waals surface area contributed by atoms with Crippen LogP contribution in [-0.4, -0.2) is 28.9 Å². The second-order valence-electron chi connectivity index (χ2n) is 8.57. The molecule has 2 aromatic carbocycles. The molecule has 1 aliphatic heterocycles. The number of benzene rings is 2. The number of ether oxygens (including phenoxy) is 1. The summed E-state index contributed by atoms with van der Waals surface area (Å²) in [5.41, 5.74) is 1.95. The van der Waals surface area contributed by atoms with Crippen molar-refractivity contribution in [3.05, 3.63) is 59.3 Å². The minimum atomic E-state index is -0.555. The number of nitrogens with zero attached hydrogens (tertiary/aromatic N) is 1. The third-order valence-electron chi connectivity index (χ3n) is 5.78. The summed E-state index contributed by atoms with van der Waals surface area (Å²) in [6, 6.07) is 12.1. The zero-order chi connectivity index (χ0) is 18.3. The molecule has 0 aromatic heterocycles. The van der Waals surface area contributed by atoms with Gasteiger partial charge in [0, 0.05) is 29.3 Å². The highest BCUT2D eigenvalue weighted by Gasteiger charge is 2.68. The van der Waals surface area contributed by atoms with E-state index in [1.54, 1.807) is 11.0 Å². The maximum absolute atomic E-state index is 12.8. The molecule has 3 aliphatic rings. The second-order valence-corrected chi connectivity index (χ2v) is 8.57. The first kappa shape index (κ1) is 15.6. The summed E-state index contributed by atoms with van der Waals surface area (Å²) in [4.78, 5) is 27.2. The van der Waals surface area contributed by atoms with E-state index in [2.05, 4.69) is 12.1 Å². The number of carbonyl (C=O) groups excluding carboxylic acids is 2. The third kappa shape index (κ3) is 1.96. The molecule has 2 atom stereocenters. The minimum Gasteiger partial charge on any atom is -0.443 e. The lowest BCUT2D eigenvalue weighted by Gasteiger charge is -2.31. The first-order valence-corrected chi connectivity index (χ1v) is 9.10. The number of ketones is 1. The molecule has 132 valence electrons. The minimum absolute atomic E-state index is 0.0208. The molecule has 0 bridgehead atoms. The summed E-state index contributed by atoms with van der Waals surface area (Å²) in [5, 5.41) is 2.26. The second kappa shape index (κ2) is 4.76. The van der Waals surface area contributed by atoms with Crippen LogP contribution in [0.4, 0.5) is 4.79 Å². The van der Waals surface area contributed by atoms with Crippen LogP contribution in [0.2, 0.25) is 0 Å². The van der Waals surface area contributed by atoms with Gasteiger partial charge in [0.1, 0.15) is 5.60 Å². The summed E-state index contributed by atoms with van der Waals surface area (Å²) in [6.45, 7) is 6.21. The number of piperidine rings is 1. The Balaban J connectivity index is 1.66. The Bertz CT molecular complexity index is 1010. The van der Waals surface area contributed by atoms with Gasteiger partial charge in [0.2, 0.25) is 0 Å². The van der Waals surface area contributed by atoms with Crippen molar-refractivity contribution in [1.29, 1.82) is 0 Å². The van der Waals surface area contributed by atoms with Crippen LogP contribution in [-0.2, 0) is 10.2 Å². The maximum atomic E-state index is 12.8. The lowest BCUT2D eigenvalue weighted by Crippen LogP contribution is -2.38. The number of hydrogen-bond donors (Lipinski definition) is 0. The smallest absolute Gasteiger partial charge is 0.414 e. The number of amides is 1. The third-order valence-corrected chi connectivity index (χ3v) is 5.78. The van der Waals surface area contributed by atoms with Crippen molar-refractivity contribution in [3.8, 4) is 0 Å². The first-order chi connectivity index (χ1) is 12.3. The van der Waals surface area contributed by atoms with Crippen LogP contribution >= 0.6 is 0 Å². The number of likely N-dealkylation sites (tertiary alicyclic amines) is 1. The van der Waals surface area contributed by atoms with Crippen LogP contribution in [0.15, 0.2) is 48.2 Å². The molecule has 0 N–H and O–H groups in total. The van der Waals surface area contributed by atoms with Crippen LogP contribution in [0.1, 0.15) is 43.1 Å². The predicted molar refractivity (Wildman–Crippen MR) is 99.1 cm³/mol. The van der Waals surface area contributed by atoms with E-state index in [1.165, 1.54) is 0 Å². The normalized spacial score (nSPS) is 26.1. The Kier molecular flexibility index (Phi) is 2.86. The zero-order valence-electron chi connectivity index (χ0n) is 15.2. The van der Waals surface area contributed by atoms with E-state index in [9.17, 15) is 9.59 Å². The highest BCUT2D eigenvalue weighted by molar-refractivity contribution is 6.12. The molecule has 0 unspecified atom stereocenters. The molecule has 4 nitrogen and oxygen atoms in total. The van der Waals surface area contributed by atoms with Gasteiger partial charge in [-0.05, 0) is 49.4 Å². The molecular formula is C22H21NO3. The number of hydrogen-bond acceptors (Lipinski definition) is 3. The zero-order valence-corrected chi connectivity index (χ0v) is 15.2. The van der Waals surface area contributed by atoms with Gasteiger partial charge in [-0.3, -0.25) is 9.69 Å². The molecule has 5 rings (SSSR count). The average Bonchev–Trinajstić information content (AvgIpc) is 3.20. The van der Waals surface area contributed by atoms with Crippen LogP contribution in [0, 0.1) is 5.92 Å². The molecule has 26 heavy (non-hydrogen) atoms. The van der Waals surface area contributed by atoms with E-state index >= 15 is 0 Å². The molecule has 1 heterocycles. The number of rotatable bonds is 0. The van der Waals surface area contributed by atoms with Gasteiger partial charge in [0.05, 0.1) is 0 Å². The van der Waals surface area contributed by atoms with Crippen molar-refractivity contribution in [3.63, 3.8) is 0 Å². The lowest BCUT2D eigenvalue weighted by atomic mass is 9.78. The van der Waals surface area contributed by atoms with Crippen molar-refractivity contribution in [1.82, 2.24) is 4.90 Å². The maximum Gasteiger partial charge on any atom is 0.414 e. The highest BCUT2D eigenvalue weighted by Crippen LogP contribution is 2.67. The lowest BCUT2D eigenvalue weighted by molar-refractivity contribution is 0.0322. The Hall–Kier alpha value is -2.62. The van der Waals surface area contributed by atoms with Gasteiger partial charge in [-0.15, -0.1) is 0 Å². The van der Waals surface area contributed by atoms with Gasteiger partial charge in [-0.1, -0.05) is 36.4 Å². The van der Waals surface area contributed by atoms with Gasteiger partial charge in [-0.25, -0.2) is 4.79 Å². The molecule has 2 fully saturated rings. The average molecular weight is 347 g/mol. The van der Waals surface area contributed by atoms with Crippen LogP contribution in [0.25, 0.3) is 10.8 Å². The van der Waals surface area contributed by atoms with E-state index in [4.69, 9.17) is 4.74 Å². The quantitative estimate of drug-likeness (QED) is 0.708. The Morgan fingerprint density at radius 3 is 2.73 bits per heavy atom. The van der Waals surface area contributed by atoms with Gasteiger partial charge in [0.15, 0.2) is 5.78 Å². The van der Waals surface area contributed by atoms with Crippen molar-refractivity contribution in [2.45, 2.75) is 38.2 Å². The first-order valence-electron chi connectivity index (χ1n) is 9.10. The topological polar surface area (TPSA) is 46.6 Å². The molecule has 1 amide bonds. The van der Waals surface area contributed by atoms with E-state index in [0.29, 0.717) is 12.5 Å². The highest BCUT2D eigenvalue weighted by atomic mass is 16.6. The standard InChI is InChI=1S/C22H21NO3/c1-21(2,3)26-20(25)23-12-14-11-22(14)18(23)10-17(24)16-9-8-13-6-4-5-7-15(13)19(16)22/h4-10,14H,11-12H2,1-3H3/t14-,22+/m0/s1. The van der Waals surface area contributed by atoms with Crippen molar-refractivity contribution >= 4 is 22.6 Å². The monoisotopic (exact) mass is 347 g/mol. The van der Waals surface area contributed by atoms with Gasteiger partial charge < -0.3 is 4.74 Å². The van der Waals surface area contributed by atoms with E-state index < -0.39 is 5.60 Å². The SMILES string of the molecule is CC(C)(C)OC(=O)N1C[C@@H]2C[C@]23C1=CC(=O)c1ccc2ccccc2c13. The molecule has 1 spiro atoms. The fourth-order valence-electron chi connectivity index (χ4n) is 4.71. The predicted octanol–water partition coefficient (Wildman–Crippen LogP) is 4.43. The Morgan fingerprint density at radius 1 is 1.19 bits per heavy atom. The van der Waals surface area contributed by atoms with Crippen LogP contribution in [0.3, 0.4) is 0 Å². The number of fused-ring (bicyclic) bond motifs is 3. The fourth-order valence-corrected chi connectivity index (χ4v) is 4.71. The summed E-state index contributed by atoms with van der Waals surface area (Å²) in [6.07, 6.45) is 2.30. The molecular weight excluding hydrogens is 326 g/mol. The van der Waals surface area contributed by atoms with E-state index in [0.717, 1.165) is 34.0 Å². The van der Waals surface area contributed by atoms with E-state index in [1.807, 2.05) is 45.0 Å². The van der Waals surface area contributed by atoms with Crippen molar-refractivity contribution in [2.75, 3.05) is 6.54 Å². The van der Waals surface area contributed by atoms with Gasteiger partial charge >= 0.3 is 6.09 Å². The summed E-state index contributed by atoms with van der Waals surface area (Å²) < 4.78 is 5.58. The number of carbonyl (C=O) groups is 2. The van der Waals surface area contributed by atoms with E-state index in [-0.39, 0.29) is 17.3 Å². The summed E-state index contributed by atoms with van der Waals surface area (Å²) >= 11 is 0. The van der Waals surface area contributed by atoms with Crippen LogP contribution in [0.5, 0.6) is 0 Å². The van der Waals surface area contributed by atoms with Gasteiger partial charge in [-0.2, -0.15) is 0 Å². The molecule has 2 aromatic rings. The summed E-state index contributed by atoms with van der Waals surface area (Å²) in [5.74, 6) is 0.339.